The topological polar surface area (TPSA) is 109 Å². The van der Waals surface area contributed by atoms with Crippen molar-refractivity contribution in [1.29, 1.82) is 0 Å². The Hall–Kier alpha value is -4.79. The summed E-state index contributed by atoms with van der Waals surface area (Å²) < 4.78 is 23.2. The highest BCUT2D eigenvalue weighted by atomic mass is 16.5. The van der Waals surface area contributed by atoms with Crippen LogP contribution >= 0.6 is 0 Å². The normalized spacial score (nSPS) is 10.6. The van der Waals surface area contributed by atoms with Crippen molar-refractivity contribution in [2.75, 3.05) is 26.1 Å². The number of hydrogen-bond donors (Lipinski definition) is 1. The fourth-order valence-corrected chi connectivity index (χ4v) is 4.12. The highest BCUT2D eigenvalue weighted by Crippen LogP contribution is 2.34. The number of nitrogens with zero attached hydrogens (tertiary/aromatic N) is 1. The summed E-state index contributed by atoms with van der Waals surface area (Å²) in [5.74, 6) is -1.12. The lowest BCUT2D eigenvalue weighted by molar-refractivity contribution is 0.0475. The molecule has 0 aliphatic rings. The Kier molecular flexibility index (Phi) is 7.96. The molecule has 0 fully saturated rings. The number of Topliss-reactive ketones (excluding diaryl/α,β-unsaturated/α-hetero) is 1. The third kappa shape index (κ3) is 5.62. The van der Waals surface area contributed by atoms with E-state index in [9.17, 15) is 14.4 Å². The molecule has 0 saturated carbocycles. The van der Waals surface area contributed by atoms with Gasteiger partial charge in [-0.3, -0.25) is 9.59 Å². The van der Waals surface area contributed by atoms with E-state index in [0.717, 1.165) is 17.0 Å². The zero-order valence-corrected chi connectivity index (χ0v) is 21.6. The van der Waals surface area contributed by atoms with Gasteiger partial charge in [0, 0.05) is 35.6 Å². The van der Waals surface area contributed by atoms with E-state index in [1.807, 2.05) is 48.7 Å². The molecule has 1 amide bonds. The molecule has 0 aliphatic heterocycles. The van der Waals surface area contributed by atoms with Crippen LogP contribution in [0.3, 0.4) is 0 Å². The molecule has 2 aromatic heterocycles. The number of carbonyl (C=O) groups excluding carboxylic acids is 3. The highest BCUT2D eigenvalue weighted by molar-refractivity contribution is 6.08. The third-order valence-corrected chi connectivity index (χ3v) is 6.13. The first-order chi connectivity index (χ1) is 18.3. The summed E-state index contributed by atoms with van der Waals surface area (Å²) in [6.07, 6.45) is 1.36. The molecule has 0 unspecified atom stereocenters. The van der Waals surface area contributed by atoms with Crippen molar-refractivity contribution in [1.82, 2.24) is 4.57 Å². The second kappa shape index (κ2) is 11.5. The van der Waals surface area contributed by atoms with Crippen LogP contribution in [0.25, 0.3) is 0 Å². The second-order valence-corrected chi connectivity index (χ2v) is 8.54. The number of ketones is 1. The number of furan rings is 1. The maximum atomic E-state index is 13.1. The minimum atomic E-state index is -0.813. The summed E-state index contributed by atoms with van der Waals surface area (Å²) in [6, 6.07) is 17.6. The fourth-order valence-electron chi connectivity index (χ4n) is 4.12. The van der Waals surface area contributed by atoms with E-state index in [-0.39, 0.29) is 28.5 Å². The summed E-state index contributed by atoms with van der Waals surface area (Å²) in [5, 5.41) is 2.62. The van der Waals surface area contributed by atoms with E-state index in [2.05, 4.69) is 5.32 Å². The van der Waals surface area contributed by atoms with Gasteiger partial charge in [-0.05, 0) is 37.6 Å². The number of rotatable bonds is 10. The zero-order valence-electron chi connectivity index (χ0n) is 21.6. The van der Waals surface area contributed by atoms with Crippen LogP contribution < -0.4 is 14.8 Å². The Labute approximate surface area is 219 Å². The van der Waals surface area contributed by atoms with E-state index >= 15 is 0 Å². The number of carbonyl (C=O) groups is 3. The van der Waals surface area contributed by atoms with Gasteiger partial charge in [0.1, 0.15) is 0 Å². The Morgan fingerprint density at radius 1 is 0.895 bits per heavy atom. The van der Waals surface area contributed by atoms with Crippen LogP contribution in [0.5, 0.6) is 11.5 Å². The molecule has 1 N–H and O–H groups in total. The van der Waals surface area contributed by atoms with Crippen LogP contribution in [-0.4, -0.2) is 43.1 Å². The quantitative estimate of drug-likeness (QED) is 0.232. The molecule has 4 aromatic rings. The molecular formula is C29H28N2O7. The van der Waals surface area contributed by atoms with Gasteiger partial charge in [0.05, 0.1) is 31.7 Å². The standard InChI is InChI=1S/C29H28N2O7/c1-18-13-21(19(2)31(18)16-20-9-6-5-7-10-20)24(32)17-38-29(34)22-14-26(35-3)27(36-4)15-23(22)30-28(33)25-11-8-12-37-25/h5-15H,16-17H2,1-4H3,(H,30,33). The van der Waals surface area contributed by atoms with Crippen LogP contribution in [0, 0.1) is 13.8 Å². The minimum Gasteiger partial charge on any atom is -0.493 e. The van der Waals surface area contributed by atoms with Gasteiger partial charge in [-0.1, -0.05) is 30.3 Å². The third-order valence-electron chi connectivity index (χ3n) is 6.13. The Morgan fingerprint density at radius 3 is 2.26 bits per heavy atom. The van der Waals surface area contributed by atoms with Crippen molar-refractivity contribution in [3.8, 4) is 11.5 Å². The molecule has 0 radical (unpaired) electrons. The van der Waals surface area contributed by atoms with Gasteiger partial charge in [0.15, 0.2) is 23.9 Å². The summed E-state index contributed by atoms with van der Waals surface area (Å²) in [4.78, 5) is 38.7. The molecule has 0 saturated heterocycles. The summed E-state index contributed by atoms with van der Waals surface area (Å²) in [7, 11) is 2.85. The van der Waals surface area contributed by atoms with Crippen molar-refractivity contribution < 1.29 is 33.0 Å². The van der Waals surface area contributed by atoms with Gasteiger partial charge in [0.25, 0.3) is 5.91 Å². The van der Waals surface area contributed by atoms with E-state index < -0.39 is 18.5 Å². The Balaban J connectivity index is 1.53. The van der Waals surface area contributed by atoms with Crippen LogP contribution in [0.15, 0.2) is 71.3 Å². The van der Waals surface area contributed by atoms with Gasteiger partial charge in [-0.2, -0.15) is 0 Å². The molecule has 0 aliphatic carbocycles. The number of nitrogens with one attached hydrogen (secondary N) is 1. The number of benzene rings is 2. The Morgan fingerprint density at radius 2 is 1.61 bits per heavy atom. The number of methoxy groups -OCH3 is 2. The minimum absolute atomic E-state index is 0.00935. The van der Waals surface area contributed by atoms with Gasteiger partial charge < -0.3 is 28.5 Å². The van der Waals surface area contributed by atoms with Crippen LogP contribution in [0.4, 0.5) is 5.69 Å². The molecule has 0 bridgehead atoms. The van der Waals surface area contributed by atoms with Crippen molar-refractivity contribution in [2.24, 2.45) is 0 Å². The van der Waals surface area contributed by atoms with E-state index in [1.165, 1.54) is 38.7 Å². The molecule has 0 spiro atoms. The van der Waals surface area contributed by atoms with Crippen LogP contribution in [0.2, 0.25) is 0 Å². The van der Waals surface area contributed by atoms with E-state index in [4.69, 9.17) is 18.6 Å². The first-order valence-electron chi connectivity index (χ1n) is 11.8. The molecule has 9 heteroatoms. The van der Waals surface area contributed by atoms with Crippen LogP contribution in [-0.2, 0) is 11.3 Å². The number of amides is 1. The van der Waals surface area contributed by atoms with Crippen molar-refractivity contribution >= 4 is 23.3 Å². The van der Waals surface area contributed by atoms with Crippen molar-refractivity contribution in [2.45, 2.75) is 20.4 Å². The van der Waals surface area contributed by atoms with Crippen molar-refractivity contribution in [3.05, 3.63) is 101 Å². The molecular weight excluding hydrogens is 488 g/mol. The predicted molar refractivity (Wildman–Crippen MR) is 140 cm³/mol. The lowest BCUT2D eigenvalue weighted by atomic mass is 10.1. The summed E-state index contributed by atoms with van der Waals surface area (Å²) in [6.45, 7) is 3.93. The maximum Gasteiger partial charge on any atom is 0.340 e. The van der Waals surface area contributed by atoms with Gasteiger partial charge in [0.2, 0.25) is 5.78 Å². The van der Waals surface area contributed by atoms with Gasteiger partial charge in [-0.25, -0.2) is 4.79 Å². The monoisotopic (exact) mass is 516 g/mol. The van der Waals surface area contributed by atoms with Crippen molar-refractivity contribution in [3.63, 3.8) is 0 Å². The first kappa shape index (κ1) is 26.3. The number of esters is 1. The molecule has 38 heavy (non-hydrogen) atoms. The SMILES string of the molecule is COc1cc(NC(=O)c2ccco2)c(C(=O)OCC(=O)c2cc(C)n(Cc3ccccc3)c2C)cc1OC. The molecule has 2 heterocycles. The lowest BCUT2D eigenvalue weighted by Gasteiger charge is -2.15. The average molecular weight is 517 g/mol. The number of anilines is 1. The number of ether oxygens (including phenoxy) is 3. The fraction of sp³-hybridized carbons (Fsp3) is 0.207. The summed E-state index contributed by atoms with van der Waals surface area (Å²) in [5.41, 5.74) is 3.39. The van der Waals surface area contributed by atoms with Gasteiger partial charge in [-0.15, -0.1) is 0 Å². The van der Waals surface area contributed by atoms with Gasteiger partial charge >= 0.3 is 5.97 Å². The van der Waals surface area contributed by atoms with E-state index in [0.29, 0.717) is 17.9 Å². The first-order valence-corrected chi connectivity index (χ1v) is 11.8. The molecule has 0 atom stereocenters. The molecule has 196 valence electrons. The second-order valence-electron chi connectivity index (χ2n) is 8.54. The number of aromatic nitrogens is 1. The number of aryl methyl sites for hydroxylation is 1. The zero-order chi connectivity index (χ0) is 27.2. The van der Waals surface area contributed by atoms with E-state index in [1.54, 1.807) is 12.1 Å². The van der Waals surface area contributed by atoms with Crippen LogP contribution in [0.1, 0.15) is 48.2 Å². The molecule has 2 aromatic carbocycles. The lowest BCUT2D eigenvalue weighted by Crippen LogP contribution is -2.18. The predicted octanol–water partition coefficient (Wildman–Crippen LogP) is 5.06. The average Bonchev–Trinajstić information content (AvgIpc) is 3.57. The molecule has 4 rings (SSSR count). The Bertz CT molecular complexity index is 1450. The maximum absolute atomic E-state index is 13.1. The largest absolute Gasteiger partial charge is 0.493 e. The smallest absolute Gasteiger partial charge is 0.340 e. The number of hydrogen-bond acceptors (Lipinski definition) is 7. The summed E-state index contributed by atoms with van der Waals surface area (Å²) >= 11 is 0. The molecule has 9 nitrogen and oxygen atoms in total. The highest BCUT2D eigenvalue weighted by Gasteiger charge is 2.23.